The third-order valence-electron chi connectivity index (χ3n) is 3.51. The lowest BCUT2D eigenvalue weighted by atomic mass is 10.2. The monoisotopic (exact) mass is 286 g/mol. The van der Waals surface area contributed by atoms with Crippen molar-refractivity contribution >= 4 is 16.9 Å². The van der Waals surface area contributed by atoms with Crippen molar-refractivity contribution in [1.82, 2.24) is 20.1 Å². The number of morpholine rings is 1. The molecule has 1 saturated heterocycles. The summed E-state index contributed by atoms with van der Waals surface area (Å²) in [6.07, 6.45) is 0.0433. The van der Waals surface area contributed by atoms with Gasteiger partial charge in [-0.1, -0.05) is 6.07 Å². The molecule has 2 heterocycles. The molecule has 2 atom stereocenters. The normalized spacial score (nSPS) is 22.5. The van der Waals surface area contributed by atoms with Gasteiger partial charge >= 0.3 is 0 Å². The van der Waals surface area contributed by atoms with Gasteiger partial charge < -0.3 is 9.64 Å². The fraction of sp³-hybridized carbons (Fsp3) is 0.467. The van der Waals surface area contributed by atoms with Crippen molar-refractivity contribution < 1.29 is 9.53 Å². The second-order valence-corrected chi connectivity index (χ2v) is 5.60. The van der Waals surface area contributed by atoms with Crippen LogP contribution in [0.15, 0.2) is 18.2 Å². The van der Waals surface area contributed by atoms with Gasteiger partial charge in [0.15, 0.2) is 0 Å². The highest BCUT2D eigenvalue weighted by Crippen LogP contribution is 2.14. The van der Waals surface area contributed by atoms with Crippen molar-refractivity contribution in [2.75, 3.05) is 13.1 Å². The fourth-order valence-corrected chi connectivity index (χ4v) is 2.62. The van der Waals surface area contributed by atoms with Crippen LogP contribution in [0.2, 0.25) is 0 Å². The highest BCUT2D eigenvalue weighted by Gasteiger charge is 2.28. The van der Waals surface area contributed by atoms with Crippen LogP contribution in [0.5, 0.6) is 0 Å². The molecular formula is C15H18N4O2. The second kappa shape index (κ2) is 5.37. The van der Waals surface area contributed by atoms with E-state index in [1.165, 1.54) is 0 Å². The van der Waals surface area contributed by atoms with Crippen molar-refractivity contribution in [3.63, 3.8) is 0 Å². The molecule has 6 heteroatoms. The Balaban J connectivity index is 1.90. The molecule has 21 heavy (non-hydrogen) atoms. The zero-order chi connectivity index (χ0) is 15.0. The lowest BCUT2D eigenvalue weighted by Gasteiger charge is -2.34. The predicted molar refractivity (Wildman–Crippen MR) is 78.0 cm³/mol. The van der Waals surface area contributed by atoms with E-state index in [9.17, 15) is 4.79 Å². The van der Waals surface area contributed by atoms with E-state index in [1.807, 2.05) is 39.0 Å². The SMILES string of the molecule is Cc1ccc2nnc(C(=O)N3C[C@H](C)O[C@@H](C)C3)nc2c1. The minimum absolute atomic E-state index is 0.0216. The molecule has 0 spiro atoms. The maximum atomic E-state index is 12.5. The Labute approximate surface area is 123 Å². The Hall–Kier alpha value is -2.08. The van der Waals surface area contributed by atoms with Gasteiger partial charge in [-0.2, -0.15) is 0 Å². The summed E-state index contributed by atoms with van der Waals surface area (Å²) in [6.45, 7) is 7.00. The number of ether oxygens (including phenoxy) is 1. The van der Waals surface area contributed by atoms with E-state index in [0.717, 1.165) is 5.56 Å². The summed E-state index contributed by atoms with van der Waals surface area (Å²) < 4.78 is 5.64. The number of carbonyl (C=O) groups is 1. The molecule has 0 unspecified atom stereocenters. The summed E-state index contributed by atoms with van der Waals surface area (Å²) >= 11 is 0. The van der Waals surface area contributed by atoms with Crippen LogP contribution in [-0.4, -0.2) is 51.3 Å². The van der Waals surface area contributed by atoms with Crippen molar-refractivity contribution in [2.24, 2.45) is 0 Å². The molecule has 0 bridgehead atoms. The first-order valence-corrected chi connectivity index (χ1v) is 7.09. The molecular weight excluding hydrogens is 268 g/mol. The summed E-state index contributed by atoms with van der Waals surface area (Å²) in [6, 6.07) is 5.72. The molecule has 0 radical (unpaired) electrons. The van der Waals surface area contributed by atoms with Gasteiger partial charge in [-0.25, -0.2) is 4.98 Å². The molecule has 6 nitrogen and oxygen atoms in total. The summed E-state index contributed by atoms with van der Waals surface area (Å²) in [5.74, 6) is -0.0395. The maximum Gasteiger partial charge on any atom is 0.293 e. The number of rotatable bonds is 1. The zero-order valence-electron chi connectivity index (χ0n) is 12.4. The summed E-state index contributed by atoms with van der Waals surface area (Å²) in [4.78, 5) is 18.6. The van der Waals surface area contributed by atoms with E-state index >= 15 is 0 Å². The Morgan fingerprint density at radius 3 is 2.62 bits per heavy atom. The van der Waals surface area contributed by atoms with Crippen LogP contribution in [0.4, 0.5) is 0 Å². The molecule has 1 fully saturated rings. The largest absolute Gasteiger partial charge is 0.372 e. The molecule has 1 aliphatic heterocycles. The maximum absolute atomic E-state index is 12.5. The van der Waals surface area contributed by atoms with Crippen LogP contribution in [0.3, 0.4) is 0 Å². The highest BCUT2D eigenvalue weighted by atomic mass is 16.5. The van der Waals surface area contributed by atoms with Crippen LogP contribution in [0.1, 0.15) is 30.0 Å². The van der Waals surface area contributed by atoms with Gasteiger partial charge in [-0.05, 0) is 38.5 Å². The number of hydrogen-bond donors (Lipinski definition) is 0. The van der Waals surface area contributed by atoms with E-state index in [1.54, 1.807) is 4.90 Å². The first-order valence-electron chi connectivity index (χ1n) is 7.09. The molecule has 0 aliphatic carbocycles. The first kappa shape index (κ1) is 13.9. The molecule has 0 saturated carbocycles. The highest BCUT2D eigenvalue weighted by molar-refractivity contribution is 5.92. The van der Waals surface area contributed by atoms with E-state index < -0.39 is 0 Å². The van der Waals surface area contributed by atoms with Gasteiger partial charge in [0.25, 0.3) is 5.91 Å². The average Bonchev–Trinajstić information content (AvgIpc) is 2.44. The van der Waals surface area contributed by atoms with E-state index in [4.69, 9.17) is 4.74 Å². The topological polar surface area (TPSA) is 68.2 Å². The number of nitrogens with zero attached hydrogens (tertiary/aromatic N) is 4. The number of carbonyl (C=O) groups excluding carboxylic acids is 1. The smallest absolute Gasteiger partial charge is 0.293 e. The van der Waals surface area contributed by atoms with Gasteiger partial charge in [0, 0.05) is 13.1 Å². The number of aryl methyl sites for hydroxylation is 1. The van der Waals surface area contributed by atoms with Crippen molar-refractivity contribution in [3.8, 4) is 0 Å². The van der Waals surface area contributed by atoms with E-state index in [0.29, 0.717) is 24.1 Å². The van der Waals surface area contributed by atoms with Crippen LogP contribution in [-0.2, 0) is 4.74 Å². The molecule has 3 rings (SSSR count). The number of fused-ring (bicyclic) bond motifs is 1. The van der Waals surface area contributed by atoms with Gasteiger partial charge in [-0.3, -0.25) is 4.79 Å². The Kier molecular flexibility index (Phi) is 3.55. The van der Waals surface area contributed by atoms with E-state index in [2.05, 4.69) is 15.2 Å². The fourth-order valence-electron chi connectivity index (χ4n) is 2.62. The summed E-state index contributed by atoms with van der Waals surface area (Å²) in [5.41, 5.74) is 2.47. The summed E-state index contributed by atoms with van der Waals surface area (Å²) in [5, 5.41) is 8.05. The summed E-state index contributed by atoms with van der Waals surface area (Å²) in [7, 11) is 0. The van der Waals surface area contributed by atoms with E-state index in [-0.39, 0.29) is 23.9 Å². The third kappa shape index (κ3) is 2.85. The van der Waals surface area contributed by atoms with Crippen LogP contribution >= 0.6 is 0 Å². The lowest BCUT2D eigenvalue weighted by Crippen LogP contribution is -2.48. The minimum Gasteiger partial charge on any atom is -0.372 e. The Morgan fingerprint density at radius 2 is 1.90 bits per heavy atom. The quantitative estimate of drug-likeness (QED) is 0.796. The van der Waals surface area contributed by atoms with Gasteiger partial charge in [0.2, 0.25) is 5.82 Å². The zero-order valence-corrected chi connectivity index (χ0v) is 12.4. The number of hydrogen-bond acceptors (Lipinski definition) is 5. The van der Waals surface area contributed by atoms with Crippen LogP contribution < -0.4 is 0 Å². The van der Waals surface area contributed by atoms with Crippen molar-refractivity contribution in [1.29, 1.82) is 0 Å². The van der Waals surface area contributed by atoms with Crippen LogP contribution in [0.25, 0.3) is 11.0 Å². The first-order chi connectivity index (χ1) is 10.0. The molecule has 1 aromatic carbocycles. The molecule has 0 N–H and O–H groups in total. The average molecular weight is 286 g/mol. The standard InChI is InChI=1S/C15H18N4O2/c1-9-4-5-12-13(6-9)16-14(18-17-12)15(20)19-7-10(2)21-11(3)8-19/h4-6,10-11H,7-8H2,1-3H3/t10-,11-/m0/s1. The molecule has 1 aromatic heterocycles. The van der Waals surface area contributed by atoms with Crippen molar-refractivity contribution in [2.45, 2.75) is 33.0 Å². The Morgan fingerprint density at radius 1 is 1.19 bits per heavy atom. The minimum atomic E-state index is -0.187. The Bertz CT molecular complexity index is 678. The molecule has 1 aliphatic rings. The van der Waals surface area contributed by atoms with Gasteiger partial charge in [0.1, 0.15) is 5.52 Å². The number of benzene rings is 1. The number of amides is 1. The molecule has 110 valence electrons. The van der Waals surface area contributed by atoms with Gasteiger partial charge in [0.05, 0.1) is 17.7 Å². The molecule has 1 amide bonds. The van der Waals surface area contributed by atoms with Gasteiger partial charge in [-0.15, -0.1) is 10.2 Å². The molecule has 2 aromatic rings. The predicted octanol–water partition coefficient (Wildman–Crippen LogP) is 1.58. The number of aromatic nitrogens is 3. The second-order valence-electron chi connectivity index (χ2n) is 5.60. The van der Waals surface area contributed by atoms with Crippen molar-refractivity contribution in [3.05, 3.63) is 29.6 Å². The lowest BCUT2D eigenvalue weighted by molar-refractivity contribution is -0.0589. The van der Waals surface area contributed by atoms with Crippen LogP contribution in [0, 0.1) is 6.92 Å². The third-order valence-corrected chi connectivity index (χ3v) is 3.51.